The molecule has 0 aliphatic heterocycles. The number of carbonyl (C=O) groups is 2. The van der Waals surface area contributed by atoms with Crippen LogP contribution in [0.5, 0.6) is 0 Å². The molecule has 0 fully saturated rings. The van der Waals surface area contributed by atoms with Crippen LogP contribution in [0.1, 0.15) is 36.7 Å². The Bertz CT molecular complexity index is 902. The van der Waals surface area contributed by atoms with Gasteiger partial charge in [0, 0.05) is 37.6 Å². The standard InChI is InChI=1S/C21H24FN3O3/c1-21(2,3)28-20(27)24-18-12-14(9-10-23-18)17(13-25(4)5)19(26)15-7-6-8-16(22)11-15/h6-13H,1-5H3,(H,23,24,27). The quantitative estimate of drug-likeness (QED) is 0.612. The number of aromatic nitrogens is 1. The fourth-order valence-corrected chi connectivity index (χ4v) is 2.38. The molecular formula is C21H24FN3O3. The molecule has 0 saturated heterocycles. The van der Waals surface area contributed by atoms with Crippen LogP contribution in [-0.4, -0.2) is 41.5 Å². The van der Waals surface area contributed by atoms with Crippen molar-refractivity contribution < 1.29 is 18.7 Å². The van der Waals surface area contributed by atoms with Gasteiger partial charge in [-0.2, -0.15) is 0 Å². The van der Waals surface area contributed by atoms with Gasteiger partial charge >= 0.3 is 6.09 Å². The lowest BCUT2D eigenvalue weighted by Crippen LogP contribution is -2.27. The van der Waals surface area contributed by atoms with Crippen molar-refractivity contribution in [3.63, 3.8) is 0 Å². The van der Waals surface area contributed by atoms with Gasteiger partial charge in [0.1, 0.15) is 17.2 Å². The van der Waals surface area contributed by atoms with Crippen LogP contribution in [0.15, 0.2) is 48.8 Å². The smallest absolute Gasteiger partial charge is 0.413 e. The Balaban J connectivity index is 2.35. The minimum absolute atomic E-state index is 0.228. The number of benzene rings is 1. The fraction of sp³-hybridized carbons (Fsp3) is 0.286. The molecule has 0 radical (unpaired) electrons. The highest BCUT2D eigenvalue weighted by Crippen LogP contribution is 2.23. The Hall–Kier alpha value is -3.22. The molecule has 28 heavy (non-hydrogen) atoms. The third-order valence-corrected chi connectivity index (χ3v) is 3.42. The second-order valence-electron chi connectivity index (χ2n) is 7.40. The first-order valence-corrected chi connectivity index (χ1v) is 8.70. The summed E-state index contributed by atoms with van der Waals surface area (Å²) in [6.45, 7) is 5.27. The molecule has 1 amide bonds. The van der Waals surface area contributed by atoms with Crippen LogP contribution in [0.4, 0.5) is 15.0 Å². The molecule has 0 aliphatic carbocycles. The minimum atomic E-state index is -0.648. The Morgan fingerprint density at radius 3 is 2.46 bits per heavy atom. The summed E-state index contributed by atoms with van der Waals surface area (Å²) >= 11 is 0. The van der Waals surface area contributed by atoms with E-state index < -0.39 is 17.5 Å². The molecule has 0 saturated carbocycles. The number of halogens is 1. The summed E-state index contributed by atoms with van der Waals surface area (Å²) in [6.07, 6.45) is 2.47. The lowest BCUT2D eigenvalue weighted by Gasteiger charge is -2.19. The van der Waals surface area contributed by atoms with Crippen molar-refractivity contribution in [1.82, 2.24) is 9.88 Å². The molecule has 148 valence electrons. The second-order valence-corrected chi connectivity index (χ2v) is 7.40. The Morgan fingerprint density at radius 2 is 1.86 bits per heavy atom. The topological polar surface area (TPSA) is 71.5 Å². The molecule has 1 aromatic heterocycles. The van der Waals surface area contributed by atoms with Gasteiger partial charge in [-0.15, -0.1) is 0 Å². The molecule has 0 unspecified atom stereocenters. The number of anilines is 1. The van der Waals surface area contributed by atoms with E-state index in [1.54, 1.807) is 64.2 Å². The number of hydrogen-bond acceptors (Lipinski definition) is 5. The molecule has 2 aromatic rings. The summed E-state index contributed by atoms with van der Waals surface area (Å²) < 4.78 is 18.8. The molecule has 0 spiro atoms. The van der Waals surface area contributed by atoms with Crippen molar-refractivity contribution >= 4 is 23.3 Å². The normalized spacial score (nSPS) is 11.7. The van der Waals surface area contributed by atoms with Crippen LogP contribution in [0.3, 0.4) is 0 Å². The number of amides is 1. The monoisotopic (exact) mass is 385 g/mol. The first-order valence-electron chi connectivity index (χ1n) is 8.70. The third kappa shape index (κ3) is 6.19. The van der Waals surface area contributed by atoms with Crippen LogP contribution in [0.25, 0.3) is 5.57 Å². The van der Waals surface area contributed by atoms with E-state index in [9.17, 15) is 14.0 Å². The lowest BCUT2D eigenvalue weighted by molar-refractivity contribution is 0.0635. The maximum absolute atomic E-state index is 13.5. The van der Waals surface area contributed by atoms with Crippen molar-refractivity contribution in [3.8, 4) is 0 Å². The third-order valence-electron chi connectivity index (χ3n) is 3.42. The predicted molar refractivity (Wildman–Crippen MR) is 106 cm³/mol. The van der Waals surface area contributed by atoms with E-state index in [2.05, 4.69) is 10.3 Å². The molecule has 1 aromatic carbocycles. The van der Waals surface area contributed by atoms with Crippen LogP contribution in [-0.2, 0) is 4.74 Å². The van der Waals surface area contributed by atoms with Crippen molar-refractivity contribution in [2.75, 3.05) is 19.4 Å². The molecule has 0 atom stereocenters. The van der Waals surface area contributed by atoms with Gasteiger partial charge in [0.2, 0.25) is 0 Å². The summed E-state index contributed by atoms with van der Waals surface area (Å²) in [5.41, 5.74) is 0.450. The van der Waals surface area contributed by atoms with Gasteiger partial charge in [0.05, 0.1) is 0 Å². The number of nitrogens with zero attached hydrogens (tertiary/aromatic N) is 2. The number of ketones is 1. The molecule has 1 heterocycles. The highest BCUT2D eigenvalue weighted by Gasteiger charge is 2.19. The number of nitrogens with one attached hydrogen (secondary N) is 1. The predicted octanol–water partition coefficient (Wildman–Crippen LogP) is 4.35. The number of pyridine rings is 1. The van der Waals surface area contributed by atoms with Gasteiger partial charge in [-0.25, -0.2) is 14.2 Å². The zero-order valence-electron chi connectivity index (χ0n) is 16.6. The summed E-state index contributed by atoms with van der Waals surface area (Å²) in [7, 11) is 3.56. The maximum Gasteiger partial charge on any atom is 0.413 e. The van der Waals surface area contributed by atoms with Crippen LogP contribution in [0.2, 0.25) is 0 Å². The van der Waals surface area contributed by atoms with Gasteiger partial charge in [-0.05, 0) is 50.6 Å². The fourth-order valence-electron chi connectivity index (χ4n) is 2.38. The molecule has 6 nitrogen and oxygen atoms in total. The van der Waals surface area contributed by atoms with Crippen LogP contribution >= 0.6 is 0 Å². The highest BCUT2D eigenvalue weighted by atomic mass is 19.1. The Kier molecular flexibility index (Phi) is 6.51. The molecule has 1 N–H and O–H groups in total. The van der Waals surface area contributed by atoms with Crippen molar-refractivity contribution in [3.05, 3.63) is 65.7 Å². The summed E-state index contributed by atoms with van der Waals surface area (Å²) in [5.74, 6) is -0.594. The number of hydrogen-bond donors (Lipinski definition) is 1. The highest BCUT2D eigenvalue weighted by molar-refractivity contribution is 6.28. The van der Waals surface area contributed by atoms with Crippen molar-refractivity contribution in [2.45, 2.75) is 26.4 Å². The van der Waals surface area contributed by atoms with Crippen molar-refractivity contribution in [2.24, 2.45) is 0 Å². The largest absolute Gasteiger partial charge is 0.444 e. The SMILES string of the molecule is CN(C)C=C(C(=O)c1cccc(F)c1)c1ccnc(NC(=O)OC(C)(C)C)c1. The van der Waals surface area contributed by atoms with Gasteiger partial charge < -0.3 is 9.64 Å². The van der Waals surface area contributed by atoms with Gasteiger partial charge in [0.25, 0.3) is 0 Å². The molecule has 0 bridgehead atoms. The van der Waals surface area contributed by atoms with Crippen molar-refractivity contribution in [1.29, 1.82) is 0 Å². The summed E-state index contributed by atoms with van der Waals surface area (Å²) in [5, 5.41) is 2.55. The molecule has 2 rings (SSSR count). The van der Waals surface area contributed by atoms with Gasteiger partial charge in [-0.3, -0.25) is 10.1 Å². The van der Waals surface area contributed by atoms with E-state index >= 15 is 0 Å². The number of Topliss-reactive ketones (excluding diaryl/α,β-unsaturated/α-hetero) is 1. The number of carbonyl (C=O) groups excluding carboxylic acids is 2. The number of rotatable bonds is 5. The maximum atomic E-state index is 13.5. The van der Waals surface area contributed by atoms with E-state index in [-0.39, 0.29) is 17.2 Å². The zero-order valence-corrected chi connectivity index (χ0v) is 16.6. The van der Waals surface area contributed by atoms with E-state index in [4.69, 9.17) is 4.74 Å². The Morgan fingerprint density at radius 1 is 1.14 bits per heavy atom. The minimum Gasteiger partial charge on any atom is -0.444 e. The van der Waals surface area contributed by atoms with Crippen LogP contribution in [0, 0.1) is 5.82 Å². The first-order chi connectivity index (χ1) is 13.0. The van der Waals surface area contributed by atoms with E-state index in [1.807, 2.05) is 0 Å². The van der Waals surface area contributed by atoms with Gasteiger partial charge in [0.15, 0.2) is 5.78 Å². The molecular weight excluding hydrogens is 361 g/mol. The van der Waals surface area contributed by atoms with E-state index in [0.29, 0.717) is 11.1 Å². The average Bonchev–Trinajstić information content (AvgIpc) is 2.57. The van der Waals surface area contributed by atoms with Gasteiger partial charge in [-0.1, -0.05) is 12.1 Å². The summed E-state index contributed by atoms with van der Waals surface area (Å²) in [6, 6.07) is 8.71. The summed E-state index contributed by atoms with van der Waals surface area (Å²) in [4.78, 5) is 30.7. The first kappa shape index (κ1) is 21.1. The Labute approximate surface area is 164 Å². The average molecular weight is 385 g/mol. The molecule has 7 heteroatoms. The lowest BCUT2D eigenvalue weighted by atomic mass is 9.98. The van der Waals surface area contributed by atoms with Crippen LogP contribution < -0.4 is 5.32 Å². The number of ether oxygens (including phenoxy) is 1. The van der Waals surface area contributed by atoms with E-state index in [0.717, 1.165) is 0 Å². The number of allylic oxidation sites excluding steroid dienone is 1. The second kappa shape index (κ2) is 8.65. The molecule has 0 aliphatic rings. The zero-order chi connectivity index (χ0) is 20.9. The van der Waals surface area contributed by atoms with E-state index in [1.165, 1.54) is 24.4 Å².